The Morgan fingerprint density at radius 3 is 2.43 bits per heavy atom. The Morgan fingerprint density at radius 1 is 0.946 bits per heavy atom. The average molecular weight is 511 g/mol. The number of anilines is 1. The summed E-state index contributed by atoms with van der Waals surface area (Å²) in [6, 6.07) is 6.30. The standard InChI is InChI=1S/C28H36F2N6O/c29-25(30)18-35-12-10-34(11-13-35)17-20-8-9-22-23(14-20)27(37)36(21-4-2-1-3-5-21)26-24(22)16-32-28(33-26)31-15-19-6-7-19/h8-9,14,16,19,21,25H,1-7,10-13,15,17-18H2,(H,31,32,33). The van der Waals surface area contributed by atoms with Crippen LogP contribution in [-0.2, 0) is 6.54 Å². The first-order chi connectivity index (χ1) is 18.0. The van der Waals surface area contributed by atoms with E-state index in [9.17, 15) is 13.6 Å². The zero-order chi connectivity index (χ0) is 25.4. The van der Waals surface area contributed by atoms with Crippen LogP contribution in [0.1, 0.15) is 56.6 Å². The molecule has 1 saturated heterocycles. The Labute approximate surface area is 215 Å². The maximum absolute atomic E-state index is 14.0. The van der Waals surface area contributed by atoms with Gasteiger partial charge in [-0.25, -0.2) is 13.8 Å². The first-order valence-corrected chi connectivity index (χ1v) is 13.9. The largest absolute Gasteiger partial charge is 0.354 e. The zero-order valence-electron chi connectivity index (χ0n) is 21.3. The van der Waals surface area contributed by atoms with E-state index in [0.29, 0.717) is 36.9 Å². The first-order valence-electron chi connectivity index (χ1n) is 13.9. The number of rotatable bonds is 8. The monoisotopic (exact) mass is 510 g/mol. The number of alkyl halides is 2. The van der Waals surface area contributed by atoms with Crippen molar-refractivity contribution >= 4 is 27.8 Å². The fourth-order valence-corrected chi connectivity index (χ4v) is 5.98. The van der Waals surface area contributed by atoms with E-state index < -0.39 is 6.43 Å². The number of piperazine rings is 1. The lowest BCUT2D eigenvalue weighted by atomic mass is 9.94. The van der Waals surface area contributed by atoms with Gasteiger partial charge in [-0.05, 0) is 48.6 Å². The van der Waals surface area contributed by atoms with Crippen molar-refractivity contribution in [2.45, 2.75) is 64.0 Å². The molecule has 3 fully saturated rings. The third-order valence-corrected chi connectivity index (χ3v) is 8.27. The molecule has 7 nitrogen and oxygen atoms in total. The quantitative estimate of drug-likeness (QED) is 0.445. The van der Waals surface area contributed by atoms with E-state index in [1.807, 2.05) is 27.8 Å². The van der Waals surface area contributed by atoms with Crippen LogP contribution >= 0.6 is 0 Å². The molecule has 2 aromatic heterocycles. The van der Waals surface area contributed by atoms with E-state index >= 15 is 0 Å². The second-order valence-corrected chi connectivity index (χ2v) is 11.1. The first kappa shape index (κ1) is 24.7. The number of nitrogens with one attached hydrogen (secondary N) is 1. The molecule has 3 aliphatic rings. The van der Waals surface area contributed by atoms with Crippen molar-refractivity contribution in [3.63, 3.8) is 0 Å². The Hall–Kier alpha value is -2.65. The molecule has 198 valence electrons. The minimum atomic E-state index is -2.29. The molecule has 3 heterocycles. The number of hydrogen-bond acceptors (Lipinski definition) is 6. The summed E-state index contributed by atoms with van der Waals surface area (Å²) in [5.41, 5.74) is 1.84. The summed E-state index contributed by atoms with van der Waals surface area (Å²) in [4.78, 5) is 27.6. The minimum Gasteiger partial charge on any atom is -0.354 e. The average Bonchev–Trinajstić information content (AvgIpc) is 3.74. The smallest absolute Gasteiger partial charge is 0.260 e. The lowest BCUT2D eigenvalue weighted by molar-refractivity contribution is 0.0543. The van der Waals surface area contributed by atoms with Crippen molar-refractivity contribution in [1.29, 1.82) is 0 Å². The van der Waals surface area contributed by atoms with Gasteiger partial charge in [0.05, 0.1) is 6.54 Å². The maximum Gasteiger partial charge on any atom is 0.260 e. The van der Waals surface area contributed by atoms with Gasteiger partial charge in [-0.2, -0.15) is 4.98 Å². The van der Waals surface area contributed by atoms with Crippen molar-refractivity contribution in [3.05, 3.63) is 40.3 Å². The van der Waals surface area contributed by atoms with Gasteiger partial charge in [-0.15, -0.1) is 0 Å². The van der Waals surface area contributed by atoms with Crippen LogP contribution in [0.3, 0.4) is 0 Å². The van der Waals surface area contributed by atoms with Gasteiger partial charge in [0.2, 0.25) is 5.95 Å². The molecule has 0 unspecified atom stereocenters. The molecule has 1 aliphatic heterocycles. The number of nitrogens with zero attached hydrogens (tertiary/aromatic N) is 5. The van der Waals surface area contributed by atoms with E-state index in [2.05, 4.69) is 21.3 Å². The third-order valence-electron chi connectivity index (χ3n) is 8.27. The van der Waals surface area contributed by atoms with Crippen molar-refractivity contribution < 1.29 is 8.78 Å². The van der Waals surface area contributed by atoms with Gasteiger partial charge in [-0.3, -0.25) is 19.2 Å². The summed E-state index contributed by atoms with van der Waals surface area (Å²) in [6.45, 7) is 4.22. The van der Waals surface area contributed by atoms with E-state index in [0.717, 1.165) is 67.3 Å². The fraction of sp³-hybridized carbons (Fsp3) is 0.607. The lowest BCUT2D eigenvalue weighted by Gasteiger charge is -2.34. The van der Waals surface area contributed by atoms with Crippen molar-refractivity contribution in [3.8, 4) is 0 Å². The van der Waals surface area contributed by atoms with E-state index in [1.54, 1.807) is 0 Å². The highest BCUT2D eigenvalue weighted by Crippen LogP contribution is 2.32. The fourth-order valence-electron chi connectivity index (χ4n) is 5.98. The Kier molecular flexibility index (Phi) is 7.08. The number of hydrogen-bond donors (Lipinski definition) is 1. The van der Waals surface area contributed by atoms with E-state index in [1.165, 1.54) is 19.3 Å². The molecular formula is C28H36F2N6O. The normalized spacial score (nSPS) is 20.3. The predicted molar refractivity (Wildman–Crippen MR) is 142 cm³/mol. The highest BCUT2D eigenvalue weighted by molar-refractivity contribution is 6.04. The molecule has 37 heavy (non-hydrogen) atoms. The molecule has 2 aliphatic carbocycles. The summed E-state index contributed by atoms with van der Waals surface area (Å²) in [5.74, 6) is 1.31. The van der Waals surface area contributed by atoms with Gasteiger partial charge in [-0.1, -0.05) is 31.4 Å². The van der Waals surface area contributed by atoms with E-state index in [4.69, 9.17) is 4.98 Å². The van der Waals surface area contributed by atoms with Crippen molar-refractivity contribution in [2.24, 2.45) is 5.92 Å². The van der Waals surface area contributed by atoms with Gasteiger partial charge >= 0.3 is 0 Å². The molecular weight excluding hydrogens is 474 g/mol. The van der Waals surface area contributed by atoms with Gasteiger partial charge in [0.15, 0.2) is 0 Å². The number of aromatic nitrogens is 3. The Balaban J connectivity index is 1.33. The van der Waals surface area contributed by atoms with Crippen LogP contribution in [0.5, 0.6) is 0 Å². The summed E-state index contributed by atoms with van der Waals surface area (Å²) in [5, 5.41) is 5.91. The molecule has 3 aromatic rings. The number of benzene rings is 1. The maximum atomic E-state index is 14.0. The molecule has 6 rings (SSSR count). The van der Waals surface area contributed by atoms with Gasteiger partial charge in [0.1, 0.15) is 5.65 Å². The molecule has 9 heteroatoms. The number of halogens is 2. The molecule has 2 saturated carbocycles. The predicted octanol–water partition coefficient (Wildman–Crippen LogP) is 4.65. The minimum absolute atomic E-state index is 0.0323. The van der Waals surface area contributed by atoms with Crippen LogP contribution in [-0.4, -0.2) is 70.0 Å². The molecule has 0 amide bonds. The second-order valence-electron chi connectivity index (χ2n) is 11.1. The Bertz CT molecular complexity index is 1310. The lowest BCUT2D eigenvalue weighted by Crippen LogP contribution is -2.47. The van der Waals surface area contributed by atoms with Crippen LogP contribution < -0.4 is 10.9 Å². The summed E-state index contributed by atoms with van der Waals surface area (Å²) >= 11 is 0. The van der Waals surface area contributed by atoms with Crippen LogP contribution in [0.15, 0.2) is 29.2 Å². The third kappa shape index (κ3) is 5.48. The van der Waals surface area contributed by atoms with Crippen LogP contribution in [0.25, 0.3) is 21.8 Å². The highest BCUT2D eigenvalue weighted by Gasteiger charge is 2.24. The molecule has 1 aromatic carbocycles. The van der Waals surface area contributed by atoms with E-state index in [-0.39, 0.29) is 18.1 Å². The summed E-state index contributed by atoms with van der Waals surface area (Å²) in [6.07, 6.45) is 7.57. The molecule has 0 radical (unpaired) electrons. The highest BCUT2D eigenvalue weighted by atomic mass is 19.3. The number of fused-ring (bicyclic) bond motifs is 3. The zero-order valence-corrected chi connectivity index (χ0v) is 21.3. The molecule has 0 spiro atoms. The molecule has 0 bridgehead atoms. The van der Waals surface area contributed by atoms with Crippen LogP contribution in [0.4, 0.5) is 14.7 Å². The van der Waals surface area contributed by atoms with Gasteiger partial charge in [0, 0.05) is 62.3 Å². The van der Waals surface area contributed by atoms with Gasteiger partial charge < -0.3 is 5.32 Å². The summed E-state index contributed by atoms with van der Waals surface area (Å²) in [7, 11) is 0. The number of pyridine rings is 1. The topological polar surface area (TPSA) is 66.3 Å². The van der Waals surface area contributed by atoms with Crippen LogP contribution in [0.2, 0.25) is 0 Å². The van der Waals surface area contributed by atoms with Gasteiger partial charge in [0.25, 0.3) is 12.0 Å². The molecule has 1 N–H and O–H groups in total. The summed E-state index contributed by atoms with van der Waals surface area (Å²) < 4.78 is 27.4. The second kappa shape index (κ2) is 10.6. The van der Waals surface area contributed by atoms with Crippen LogP contribution in [0, 0.1) is 5.92 Å². The Morgan fingerprint density at radius 2 is 1.70 bits per heavy atom. The van der Waals surface area contributed by atoms with Crippen molar-refractivity contribution in [2.75, 3.05) is 44.6 Å². The van der Waals surface area contributed by atoms with Crippen molar-refractivity contribution in [1.82, 2.24) is 24.3 Å². The SMILES string of the molecule is O=c1c2cc(CN3CCN(CC(F)F)CC3)ccc2c2cnc(NCC3CC3)nc2n1C1CCCCC1. The molecule has 0 atom stereocenters.